The first-order chi connectivity index (χ1) is 15.5. The van der Waals surface area contributed by atoms with E-state index in [0.29, 0.717) is 5.69 Å². The van der Waals surface area contributed by atoms with Gasteiger partial charge in [-0.25, -0.2) is 9.37 Å². The van der Waals surface area contributed by atoms with Gasteiger partial charge in [-0.2, -0.15) is 0 Å². The third-order valence-electron chi connectivity index (χ3n) is 6.01. The summed E-state index contributed by atoms with van der Waals surface area (Å²) < 4.78 is 13.9. The van der Waals surface area contributed by atoms with Gasteiger partial charge in [-0.1, -0.05) is 100 Å². The van der Waals surface area contributed by atoms with Crippen LogP contribution < -0.4 is 0 Å². The van der Waals surface area contributed by atoms with E-state index in [1.54, 1.807) is 12.3 Å². The fourth-order valence-corrected chi connectivity index (χ4v) is 4.20. The molecule has 4 aromatic rings. The molecule has 0 spiro atoms. The van der Waals surface area contributed by atoms with Gasteiger partial charge in [-0.05, 0) is 29.5 Å². The zero-order valence-corrected chi connectivity index (χ0v) is 19.0. The second-order valence-electron chi connectivity index (χ2n) is 8.86. The van der Waals surface area contributed by atoms with E-state index >= 15 is 0 Å². The van der Waals surface area contributed by atoms with Crippen LogP contribution in [0.5, 0.6) is 0 Å². The summed E-state index contributed by atoms with van der Waals surface area (Å²) in [5, 5.41) is 0. The van der Waals surface area contributed by atoms with E-state index in [2.05, 4.69) is 45.0 Å². The minimum absolute atomic E-state index is 0.0173. The van der Waals surface area contributed by atoms with Crippen molar-refractivity contribution in [2.75, 3.05) is 0 Å². The standard InChI is InChI=1S/C29H29FN2/c1-4-5-18-29(2,3)25-17-10-9-16-24(25)28-27(21-12-7-6-8-13-21)32-26(20-31-28)22-14-11-15-23(30)19-22/h6-17,19-20H,4-5,18H2,1-3H3. The smallest absolute Gasteiger partial charge is 0.123 e. The van der Waals surface area contributed by atoms with Gasteiger partial charge in [0.1, 0.15) is 5.82 Å². The molecular formula is C29H29FN2. The minimum atomic E-state index is -0.280. The molecule has 0 atom stereocenters. The maximum atomic E-state index is 13.9. The number of hydrogen-bond acceptors (Lipinski definition) is 2. The number of hydrogen-bond donors (Lipinski definition) is 0. The van der Waals surface area contributed by atoms with Gasteiger partial charge in [0, 0.05) is 16.7 Å². The van der Waals surface area contributed by atoms with Crippen molar-refractivity contribution in [2.24, 2.45) is 0 Å². The highest BCUT2D eigenvalue weighted by Crippen LogP contribution is 2.39. The van der Waals surface area contributed by atoms with E-state index in [0.717, 1.165) is 34.5 Å². The summed E-state index contributed by atoms with van der Waals surface area (Å²) in [6.45, 7) is 6.84. The first kappa shape index (κ1) is 21.9. The van der Waals surface area contributed by atoms with E-state index in [1.165, 1.54) is 30.5 Å². The van der Waals surface area contributed by atoms with Crippen molar-refractivity contribution in [2.45, 2.75) is 45.4 Å². The highest BCUT2D eigenvalue weighted by Gasteiger charge is 2.25. The molecule has 0 aliphatic heterocycles. The lowest BCUT2D eigenvalue weighted by molar-refractivity contribution is 0.459. The van der Waals surface area contributed by atoms with Crippen LogP contribution in [0.3, 0.4) is 0 Å². The fraction of sp³-hybridized carbons (Fsp3) is 0.241. The normalized spacial score (nSPS) is 11.5. The van der Waals surface area contributed by atoms with Crippen molar-refractivity contribution in [1.29, 1.82) is 0 Å². The number of aromatic nitrogens is 2. The van der Waals surface area contributed by atoms with Crippen LogP contribution in [0.25, 0.3) is 33.8 Å². The molecule has 0 saturated heterocycles. The maximum Gasteiger partial charge on any atom is 0.123 e. The van der Waals surface area contributed by atoms with Crippen LogP contribution in [0.2, 0.25) is 0 Å². The minimum Gasteiger partial charge on any atom is -0.252 e. The van der Waals surface area contributed by atoms with Crippen molar-refractivity contribution < 1.29 is 4.39 Å². The summed E-state index contributed by atoms with van der Waals surface area (Å²) in [6, 6.07) is 25.1. The molecule has 0 aliphatic rings. The van der Waals surface area contributed by atoms with Gasteiger partial charge in [0.25, 0.3) is 0 Å². The molecule has 3 aromatic carbocycles. The Morgan fingerprint density at radius 1 is 0.812 bits per heavy atom. The summed E-state index contributed by atoms with van der Waals surface area (Å²) in [4.78, 5) is 9.89. The lowest BCUT2D eigenvalue weighted by atomic mass is 9.77. The van der Waals surface area contributed by atoms with Gasteiger partial charge in [-0.15, -0.1) is 0 Å². The largest absolute Gasteiger partial charge is 0.252 e. The monoisotopic (exact) mass is 424 g/mol. The average molecular weight is 425 g/mol. The van der Waals surface area contributed by atoms with E-state index in [-0.39, 0.29) is 11.2 Å². The molecule has 1 aromatic heterocycles. The molecule has 2 nitrogen and oxygen atoms in total. The SMILES string of the molecule is CCCCC(C)(C)c1ccccc1-c1ncc(-c2cccc(F)c2)nc1-c1ccccc1. The van der Waals surface area contributed by atoms with Crippen LogP contribution in [0.1, 0.15) is 45.6 Å². The predicted octanol–water partition coefficient (Wildman–Crippen LogP) is 8.08. The van der Waals surface area contributed by atoms with Crippen LogP contribution in [-0.4, -0.2) is 9.97 Å². The molecule has 162 valence electrons. The van der Waals surface area contributed by atoms with Crippen molar-refractivity contribution >= 4 is 0 Å². The molecule has 0 saturated carbocycles. The van der Waals surface area contributed by atoms with Gasteiger partial charge in [0.2, 0.25) is 0 Å². The Labute approximate surface area is 190 Å². The molecule has 4 rings (SSSR count). The zero-order valence-electron chi connectivity index (χ0n) is 19.0. The Kier molecular flexibility index (Phi) is 6.45. The summed E-state index contributed by atoms with van der Waals surface area (Å²) in [7, 11) is 0. The predicted molar refractivity (Wildman–Crippen MR) is 131 cm³/mol. The molecule has 0 unspecified atom stereocenters. The third-order valence-corrected chi connectivity index (χ3v) is 6.01. The summed E-state index contributed by atoms with van der Waals surface area (Å²) in [6.07, 6.45) is 5.21. The Balaban J connectivity index is 1.91. The van der Waals surface area contributed by atoms with Gasteiger partial charge in [0.05, 0.1) is 23.3 Å². The number of benzene rings is 3. The van der Waals surface area contributed by atoms with Crippen molar-refractivity contribution in [3.8, 4) is 33.8 Å². The molecule has 0 radical (unpaired) electrons. The van der Waals surface area contributed by atoms with Crippen LogP contribution in [0.4, 0.5) is 4.39 Å². The molecule has 0 amide bonds. The summed E-state index contributed by atoms with van der Waals surface area (Å²) >= 11 is 0. The number of nitrogens with zero attached hydrogens (tertiary/aromatic N) is 2. The van der Waals surface area contributed by atoms with Crippen LogP contribution in [0.15, 0.2) is 85.1 Å². The highest BCUT2D eigenvalue weighted by molar-refractivity contribution is 5.81. The van der Waals surface area contributed by atoms with E-state index in [4.69, 9.17) is 9.97 Å². The van der Waals surface area contributed by atoms with Crippen LogP contribution >= 0.6 is 0 Å². The van der Waals surface area contributed by atoms with Gasteiger partial charge < -0.3 is 0 Å². The fourth-order valence-electron chi connectivity index (χ4n) is 4.20. The second kappa shape index (κ2) is 9.44. The van der Waals surface area contributed by atoms with Crippen LogP contribution in [0, 0.1) is 5.82 Å². The van der Waals surface area contributed by atoms with Crippen molar-refractivity contribution in [1.82, 2.24) is 9.97 Å². The van der Waals surface area contributed by atoms with Gasteiger partial charge in [0.15, 0.2) is 0 Å². The molecular weight excluding hydrogens is 395 g/mol. The quantitative estimate of drug-likeness (QED) is 0.300. The zero-order chi connectivity index (χ0) is 22.6. The average Bonchev–Trinajstić information content (AvgIpc) is 2.83. The Morgan fingerprint density at radius 3 is 2.28 bits per heavy atom. The van der Waals surface area contributed by atoms with Crippen molar-refractivity contribution in [3.05, 3.63) is 96.4 Å². The molecule has 0 fully saturated rings. The molecule has 1 heterocycles. The molecule has 32 heavy (non-hydrogen) atoms. The molecule has 0 N–H and O–H groups in total. The lowest BCUT2D eigenvalue weighted by Gasteiger charge is -2.28. The molecule has 0 aliphatic carbocycles. The van der Waals surface area contributed by atoms with E-state index in [1.807, 2.05) is 36.4 Å². The van der Waals surface area contributed by atoms with Crippen LogP contribution in [-0.2, 0) is 5.41 Å². The Hall–Kier alpha value is -3.33. The first-order valence-corrected chi connectivity index (χ1v) is 11.3. The molecule has 0 bridgehead atoms. The Morgan fingerprint density at radius 2 is 1.53 bits per heavy atom. The lowest BCUT2D eigenvalue weighted by Crippen LogP contribution is -2.18. The van der Waals surface area contributed by atoms with Crippen molar-refractivity contribution in [3.63, 3.8) is 0 Å². The Bertz CT molecular complexity index is 1200. The van der Waals surface area contributed by atoms with E-state index in [9.17, 15) is 4.39 Å². The third kappa shape index (κ3) is 4.62. The summed E-state index contributed by atoms with van der Waals surface area (Å²) in [5.74, 6) is -0.280. The first-order valence-electron chi connectivity index (χ1n) is 11.3. The van der Waals surface area contributed by atoms with Gasteiger partial charge in [-0.3, -0.25) is 4.98 Å². The highest BCUT2D eigenvalue weighted by atomic mass is 19.1. The number of rotatable bonds is 7. The summed E-state index contributed by atoms with van der Waals surface area (Å²) in [5.41, 5.74) is 6.44. The number of halogens is 1. The molecule has 3 heteroatoms. The maximum absolute atomic E-state index is 13.9. The number of unbranched alkanes of at least 4 members (excludes halogenated alkanes) is 1. The van der Waals surface area contributed by atoms with Gasteiger partial charge >= 0.3 is 0 Å². The van der Waals surface area contributed by atoms with E-state index < -0.39 is 0 Å². The topological polar surface area (TPSA) is 25.8 Å². The second-order valence-corrected chi connectivity index (χ2v) is 8.86.